The van der Waals surface area contributed by atoms with Gasteiger partial charge in [-0.1, -0.05) is 24.6 Å². The number of fused-ring (bicyclic) bond motifs is 1. The van der Waals surface area contributed by atoms with Gasteiger partial charge in [-0.15, -0.1) is 0 Å². The highest BCUT2D eigenvalue weighted by Gasteiger charge is 2.17. The normalized spacial score (nSPS) is 15.8. The van der Waals surface area contributed by atoms with Crippen LogP contribution in [-0.4, -0.2) is 16.1 Å². The molecule has 0 bridgehead atoms. The van der Waals surface area contributed by atoms with Crippen molar-refractivity contribution in [3.8, 4) is 5.69 Å². The number of hydrogen-bond acceptors (Lipinski definition) is 2. The molecule has 0 aliphatic heterocycles. The van der Waals surface area contributed by atoms with E-state index in [1.54, 1.807) is 0 Å². The van der Waals surface area contributed by atoms with Gasteiger partial charge >= 0.3 is 0 Å². The zero-order valence-electron chi connectivity index (χ0n) is 12.7. The standard InChI is InChI=1S/C17H22ClN3/c1-3-19-12(2)14-9-8-13(10-15(14)18)21-11-20-16-6-4-5-7-17(16)21/h8-12,19H,3-7H2,1-2H3. The lowest BCUT2D eigenvalue weighted by atomic mass is 10.0. The number of benzene rings is 1. The van der Waals surface area contributed by atoms with Gasteiger partial charge in [0.15, 0.2) is 0 Å². The molecule has 3 nitrogen and oxygen atoms in total. The topological polar surface area (TPSA) is 29.9 Å². The number of aromatic nitrogens is 2. The SMILES string of the molecule is CCNC(C)c1ccc(-n2cnc3c2CCCC3)cc1Cl. The van der Waals surface area contributed by atoms with Crippen molar-refractivity contribution in [1.29, 1.82) is 0 Å². The molecule has 0 amide bonds. The van der Waals surface area contributed by atoms with Crippen molar-refractivity contribution in [3.05, 3.63) is 46.5 Å². The Bertz CT molecular complexity index is 633. The third-order valence-corrected chi connectivity index (χ3v) is 4.60. The summed E-state index contributed by atoms with van der Waals surface area (Å²) in [5, 5.41) is 4.22. The van der Waals surface area contributed by atoms with Crippen LogP contribution in [0.15, 0.2) is 24.5 Å². The third-order valence-electron chi connectivity index (χ3n) is 4.27. The van der Waals surface area contributed by atoms with Gasteiger partial charge in [0, 0.05) is 22.4 Å². The number of rotatable bonds is 4. The lowest BCUT2D eigenvalue weighted by Gasteiger charge is -2.17. The van der Waals surface area contributed by atoms with Crippen LogP contribution in [0.2, 0.25) is 5.02 Å². The molecule has 21 heavy (non-hydrogen) atoms. The first-order chi connectivity index (χ1) is 10.2. The van der Waals surface area contributed by atoms with E-state index in [1.165, 1.54) is 24.2 Å². The second-order valence-corrected chi connectivity index (χ2v) is 6.11. The molecule has 4 heteroatoms. The Morgan fingerprint density at radius 2 is 2.14 bits per heavy atom. The minimum Gasteiger partial charge on any atom is -0.310 e. The van der Waals surface area contributed by atoms with Gasteiger partial charge in [0.2, 0.25) is 0 Å². The van der Waals surface area contributed by atoms with E-state index < -0.39 is 0 Å². The van der Waals surface area contributed by atoms with Gasteiger partial charge in [0.1, 0.15) is 0 Å². The summed E-state index contributed by atoms with van der Waals surface area (Å²) in [4.78, 5) is 4.56. The predicted octanol–water partition coefficient (Wildman–Crippen LogP) is 4.08. The molecule has 3 rings (SSSR count). The maximum atomic E-state index is 6.49. The Morgan fingerprint density at radius 1 is 1.33 bits per heavy atom. The summed E-state index contributed by atoms with van der Waals surface area (Å²) in [6.07, 6.45) is 6.66. The van der Waals surface area contributed by atoms with Crippen LogP contribution in [0.3, 0.4) is 0 Å². The van der Waals surface area contributed by atoms with Crippen LogP contribution >= 0.6 is 11.6 Å². The van der Waals surface area contributed by atoms with Gasteiger partial charge in [0.25, 0.3) is 0 Å². The van der Waals surface area contributed by atoms with Crippen LogP contribution in [0.25, 0.3) is 5.69 Å². The fraction of sp³-hybridized carbons (Fsp3) is 0.471. The van der Waals surface area contributed by atoms with Gasteiger partial charge in [-0.25, -0.2) is 4.98 Å². The number of hydrogen-bond donors (Lipinski definition) is 1. The summed E-state index contributed by atoms with van der Waals surface area (Å²) < 4.78 is 2.20. The van der Waals surface area contributed by atoms with E-state index in [2.05, 4.69) is 46.9 Å². The average Bonchev–Trinajstić information content (AvgIpc) is 2.91. The minimum absolute atomic E-state index is 0.272. The van der Waals surface area contributed by atoms with Crippen LogP contribution in [-0.2, 0) is 12.8 Å². The van der Waals surface area contributed by atoms with E-state index in [9.17, 15) is 0 Å². The molecule has 1 heterocycles. The molecule has 0 spiro atoms. The van der Waals surface area contributed by atoms with Crippen LogP contribution in [0, 0.1) is 0 Å². The Kier molecular flexibility index (Phi) is 4.32. The molecule has 0 radical (unpaired) electrons. The molecule has 1 N–H and O–H groups in total. The van der Waals surface area contributed by atoms with Crippen molar-refractivity contribution in [2.75, 3.05) is 6.54 Å². The molecule has 1 aromatic heterocycles. The van der Waals surface area contributed by atoms with E-state index >= 15 is 0 Å². The molecule has 1 aliphatic rings. The van der Waals surface area contributed by atoms with E-state index in [0.29, 0.717) is 0 Å². The number of aryl methyl sites for hydroxylation is 1. The zero-order chi connectivity index (χ0) is 14.8. The number of nitrogens with one attached hydrogen (secondary N) is 1. The van der Waals surface area contributed by atoms with Gasteiger partial charge in [-0.2, -0.15) is 0 Å². The quantitative estimate of drug-likeness (QED) is 0.922. The van der Waals surface area contributed by atoms with Crippen LogP contribution in [0.1, 0.15) is 49.7 Å². The van der Waals surface area contributed by atoms with E-state index in [0.717, 1.165) is 35.7 Å². The van der Waals surface area contributed by atoms with Crippen LogP contribution in [0.5, 0.6) is 0 Å². The second-order valence-electron chi connectivity index (χ2n) is 5.70. The highest BCUT2D eigenvalue weighted by molar-refractivity contribution is 6.31. The van der Waals surface area contributed by atoms with Crippen molar-refractivity contribution >= 4 is 11.6 Å². The van der Waals surface area contributed by atoms with Crippen molar-refractivity contribution in [3.63, 3.8) is 0 Å². The lowest BCUT2D eigenvalue weighted by Crippen LogP contribution is -2.18. The Morgan fingerprint density at radius 3 is 2.90 bits per heavy atom. The van der Waals surface area contributed by atoms with Crippen LogP contribution in [0.4, 0.5) is 0 Å². The van der Waals surface area contributed by atoms with Crippen molar-refractivity contribution in [2.45, 2.75) is 45.6 Å². The first-order valence-electron chi connectivity index (χ1n) is 7.79. The Labute approximate surface area is 131 Å². The predicted molar refractivity (Wildman–Crippen MR) is 87.3 cm³/mol. The fourth-order valence-electron chi connectivity index (χ4n) is 3.12. The smallest absolute Gasteiger partial charge is 0.0997 e. The zero-order valence-corrected chi connectivity index (χ0v) is 13.5. The van der Waals surface area contributed by atoms with Gasteiger partial charge < -0.3 is 9.88 Å². The van der Waals surface area contributed by atoms with Crippen LogP contribution < -0.4 is 5.32 Å². The highest BCUT2D eigenvalue weighted by Crippen LogP contribution is 2.28. The summed E-state index contributed by atoms with van der Waals surface area (Å²) in [6.45, 7) is 5.19. The maximum Gasteiger partial charge on any atom is 0.0997 e. The van der Waals surface area contributed by atoms with Crippen molar-refractivity contribution in [2.24, 2.45) is 0 Å². The summed E-state index contributed by atoms with van der Waals surface area (Å²) in [5.74, 6) is 0. The van der Waals surface area contributed by atoms with E-state index in [4.69, 9.17) is 11.6 Å². The van der Waals surface area contributed by atoms with E-state index in [1.807, 2.05) is 6.33 Å². The maximum absolute atomic E-state index is 6.49. The van der Waals surface area contributed by atoms with E-state index in [-0.39, 0.29) is 6.04 Å². The van der Waals surface area contributed by atoms with Gasteiger partial charge in [0.05, 0.1) is 12.0 Å². The molecule has 1 unspecified atom stereocenters. The fourth-order valence-corrected chi connectivity index (χ4v) is 3.46. The molecular formula is C17H22ClN3. The summed E-state index contributed by atoms with van der Waals surface area (Å²) in [7, 11) is 0. The summed E-state index contributed by atoms with van der Waals surface area (Å²) in [6, 6.07) is 6.60. The third kappa shape index (κ3) is 2.85. The highest BCUT2D eigenvalue weighted by atomic mass is 35.5. The molecule has 1 aromatic carbocycles. The number of halogens is 1. The van der Waals surface area contributed by atoms with Gasteiger partial charge in [-0.05, 0) is 56.8 Å². The average molecular weight is 304 g/mol. The van der Waals surface area contributed by atoms with Crippen molar-refractivity contribution in [1.82, 2.24) is 14.9 Å². The number of nitrogens with zero attached hydrogens (tertiary/aromatic N) is 2. The summed E-state index contributed by atoms with van der Waals surface area (Å²) in [5.41, 5.74) is 4.87. The first kappa shape index (κ1) is 14.6. The second kappa shape index (κ2) is 6.20. The molecular weight excluding hydrogens is 282 g/mol. The lowest BCUT2D eigenvalue weighted by molar-refractivity contribution is 0.598. The monoisotopic (exact) mass is 303 g/mol. The Hall–Kier alpha value is -1.32. The summed E-state index contributed by atoms with van der Waals surface area (Å²) >= 11 is 6.49. The first-order valence-corrected chi connectivity index (χ1v) is 8.16. The molecule has 0 fully saturated rings. The largest absolute Gasteiger partial charge is 0.310 e. The Balaban J connectivity index is 1.93. The molecule has 0 saturated heterocycles. The number of imidazole rings is 1. The molecule has 1 atom stereocenters. The molecule has 1 aliphatic carbocycles. The van der Waals surface area contributed by atoms with Crippen molar-refractivity contribution < 1.29 is 0 Å². The molecule has 2 aromatic rings. The molecule has 0 saturated carbocycles. The van der Waals surface area contributed by atoms with Gasteiger partial charge in [-0.3, -0.25) is 0 Å². The minimum atomic E-state index is 0.272. The molecule has 112 valence electrons.